The van der Waals surface area contributed by atoms with Gasteiger partial charge in [-0.25, -0.2) is 4.79 Å². The minimum Gasteiger partial charge on any atom is -0.444 e. The number of aromatic nitrogens is 2. The summed E-state index contributed by atoms with van der Waals surface area (Å²) in [6.07, 6.45) is 3.12. The molecule has 0 radical (unpaired) electrons. The van der Waals surface area contributed by atoms with E-state index in [1.807, 2.05) is 24.9 Å². The Morgan fingerprint density at radius 1 is 1.45 bits per heavy atom. The Labute approximate surface area is 130 Å². The third kappa shape index (κ3) is 3.78. The zero-order chi connectivity index (χ0) is 16.3. The molecule has 2 rings (SSSR count). The number of hydrogen-bond donors (Lipinski definition) is 0. The summed E-state index contributed by atoms with van der Waals surface area (Å²) in [5, 5.41) is 4.18. The monoisotopic (exact) mass is 308 g/mol. The lowest BCUT2D eigenvalue weighted by Crippen LogP contribution is -2.33. The average molecular weight is 308 g/mol. The molecule has 1 atom stereocenters. The van der Waals surface area contributed by atoms with E-state index < -0.39 is 0 Å². The van der Waals surface area contributed by atoms with Crippen molar-refractivity contribution in [2.24, 2.45) is 7.05 Å². The molecule has 1 unspecified atom stereocenters. The van der Waals surface area contributed by atoms with Crippen molar-refractivity contribution in [3.8, 4) is 0 Å². The molecule has 0 spiro atoms. The molecule has 2 amide bonds. The highest BCUT2D eigenvalue weighted by Gasteiger charge is 2.29. The van der Waals surface area contributed by atoms with Gasteiger partial charge in [-0.15, -0.1) is 0 Å². The van der Waals surface area contributed by atoms with E-state index in [-0.39, 0.29) is 18.1 Å². The van der Waals surface area contributed by atoms with Gasteiger partial charge in [0.15, 0.2) is 0 Å². The molecule has 122 valence electrons. The number of ether oxygens (including phenoxy) is 1. The second-order valence-corrected chi connectivity index (χ2v) is 5.91. The first-order chi connectivity index (χ1) is 10.4. The van der Waals surface area contributed by atoms with Crippen molar-refractivity contribution >= 4 is 12.0 Å². The molecular weight excluding hydrogens is 284 g/mol. The van der Waals surface area contributed by atoms with Crippen molar-refractivity contribution in [3.05, 3.63) is 17.5 Å². The maximum absolute atomic E-state index is 12.2. The first kappa shape index (κ1) is 16.3. The molecule has 1 saturated heterocycles. The minimum atomic E-state index is -0.356. The molecule has 0 aromatic carbocycles. The molecule has 1 aromatic heterocycles. The van der Waals surface area contributed by atoms with Crippen LogP contribution in [0.5, 0.6) is 0 Å². The van der Waals surface area contributed by atoms with E-state index >= 15 is 0 Å². The first-order valence-corrected chi connectivity index (χ1v) is 7.51. The summed E-state index contributed by atoms with van der Waals surface area (Å²) < 4.78 is 7.13. The first-order valence-electron chi connectivity index (χ1n) is 7.51. The fourth-order valence-corrected chi connectivity index (χ4v) is 2.49. The number of carbonyl (C=O) groups is 2. The van der Waals surface area contributed by atoms with Gasteiger partial charge in [-0.1, -0.05) is 0 Å². The van der Waals surface area contributed by atoms with Crippen LogP contribution in [0.15, 0.2) is 6.20 Å². The van der Waals surface area contributed by atoms with Crippen LogP contribution in [0.3, 0.4) is 0 Å². The molecule has 1 fully saturated rings. The second kappa shape index (κ2) is 6.81. The van der Waals surface area contributed by atoms with Crippen molar-refractivity contribution in [1.29, 1.82) is 0 Å². The fourth-order valence-electron chi connectivity index (χ4n) is 2.49. The third-order valence-electron chi connectivity index (χ3n) is 4.08. The van der Waals surface area contributed by atoms with Crippen LogP contribution in [-0.2, 0) is 23.0 Å². The summed E-state index contributed by atoms with van der Waals surface area (Å²) in [6.45, 7) is 3.14. The van der Waals surface area contributed by atoms with E-state index in [4.69, 9.17) is 4.74 Å². The highest BCUT2D eigenvalue weighted by molar-refractivity contribution is 5.77. The average Bonchev–Trinajstić information content (AvgIpc) is 3.05. The molecule has 1 aliphatic heterocycles. The predicted octanol–water partition coefficient (Wildman–Crippen LogP) is 0.960. The van der Waals surface area contributed by atoms with E-state index in [0.29, 0.717) is 32.4 Å². The standard InChI is InChI=1S/C15H24N4O3/c1-11-12(9-16-18(11)4)5-6-14(20)19-8-7-13(10-19)22-15(21)17(2)3/h9,13H,5-8,10H2,1-4H3. The van der Waals surface area contributed by atoms with Gasteiger partial charge in [-0.3, -0.25) is 9.48 Å². The summed E-state index contributed by atoms with van der Waals surface area (Å²) in [6, 6.07) is 0. The van der Waals surface area contributed by atoms with Crippen LogP contribution in [0.2, 0.25) is 0 Å². The summed E-state index contributed by atoms with van der Waals surface area (Å²) in [5.74, 6) is 0.103. The Morgan fingerprint density at radius 2 is 2.18 bits per heavy atom. The number of amides is 2. The highest BCUT2D eigenvalue weighted by Crippen LogP contribution is 2.16. The molecule has 0 N–H and O–H groups in total. The Hall–Kier alpha value is -2.05. The van der Waals surface area contributed by atoms with Crippen molar-refractivity contribution in [2.45, 2.75) is 32.3 Å². The summed E-state index contributed by atoms with van der Waals surface area (Å²) in [5.41, 5.74) is 2.19. The molecule has 2 heterocycles. The van der Waals surface area contributed by atoms with Crippen LogP contribution >= 0.6 is 0 Å². The maximum Gasteiger partial charge on any atom is 0.409 e. The molecular formula is C15H24N4O3. The van der Waals surface area contributed by atoms with Gasteiger partial charge in [0.05, 0.1) is 12.7 Å². The van der Waals surface area contributed by atoms with Gasteiger partial charge in [-0.05, 0) is 18.9 Å². The van der Waals surface area contributed by atoms with Crippen molar-refractivity contribution in [3.63, 3.8) is 0 Å². The van der Waals surface area contributed by atoms with Gasteiger partial charge >= 0.3 is 6.09 Å². The molecule has 0 aliphatic carbocycles. The lowest BCUT2D eigenvalue weighted by Gasteiger charge is -2.18. The van der Waals surface area contributed by atoms with E-state index in [1.165, 1.54) is 4.90 Å². The fraction of sp³-hybridized carbons (Fsp3) is 0.667. The predicted molar refractivity (Wildman–Crippen MR) is 81.4 cm³/mol. The zero-order valence-electron chi connectivity index (χ0n) is 13.7. The largest absolute Gasteiger partial charge is 0.444 e. The van der Waals surface area contributed by atoms with Crippen molar-refractivity contribution < 1.29 is 14.3 Å². The number of rotatable bonds is 4. The summed E-state index contributed by atoms with van der Waals surface area (Å²) in [7, 11) is 5.19. The van der Waals surface area contributed by atoms with Gasteiger partial charge in [0.25, 0.3) is 0 Å². The van der Waals surface area contributed by atoms with Gasteiger partial charge in [0.2, 0.25) is 5.91 Å². The molecule has 1 aromatic rings. The molecule has 22 heavy (non-hydrogen) atoms. The Balaban J connectivity index is 1.79. The number of likely N-dealkylation sites (tertiary alicyclic amines) is 1. The van der Waals surface area contributed by atoms with E-state index in [1.54, 1.807) is 19.0 Å². The Morgan fingerprint density at radius 3 is 2.77 bits per heavy atom. The molecule has 1 aliphatic rings. The van der Waals surface area contributed by atoms with Gasteiger partial charge < -0.3 is 14.5 Å². The number of aryl methyl sites for hydroxylation is 2. The maximum atomic E-state index is 12.2. The highest BCUT2D eigenvalue weighted by atomic mass is 16.6. The summed E-state index contributed by atoms with van der Waals surface area (Å²) >= 11 is 0. The van der Waals surface area contributed by atoms with Crippen LogP contribution < -0.4 is 0 Å². The van der Waals surface area contributed by atoms with E-state index in [0.717, 1.165) is 11.3 Å². The lowest BCUT2D eigenvalue weighted by molar-refractivity contribution is -0.130. The van der Waals surface area contributed by atoms with Crippen molar-refractivity contribution in [2.75, 3.05) is 27.2 Å². The van der Waals surface area contributed by atoms with Crippen LogP contribution in [0.4, 0.5) is 4.79 Å². The van der Waals surface area contributed by atoms with Crippen LogP contribution in [0.25, 0.3) is 0 Å². The Kier molecular flexibility index (Phi) is 5.05. The van der Waals surface area contributed by atoms with Crippen molar-refractivity contribution in [1.82, 2.24) is 19.6 Å². The third-order valence-corrected chi connectivity index (χ3v) is 4.08. The Bertz CT molecular complexity index is 553. The number of carbonyl (C=O) groups excluding carboxylic acids is 2. The van der Waals surface area contributed by atoms with E-state index in [2.05, 4.69) is 5.10 Å². The number of hydrogen-bond acceptors (Lipinski definition) is 4. The van der Waals surface area contributed by atoms with Gasteiger partial charge in [-0.2, -0.15) is 5.10 Å². The van der Waals surface area contributed by atoms with Crippen LogP contribution in [-0.4, -0.2) is 64.9 Å². The van der Waals surface area contributed by atoms with E-state index in [9.17, 15) is 9.59 Å². The normalized spacial score (nSPS) is 17.6. The van der Waals surface area contributed by atoms with Gasteiger partial charge in [0, 0.05) is 46.2 Å². The second-order valence-electron chi connectivity index (χ2n) is 5.91. The minimum absolute atomic E-state index is 0.103. The van der Waals surface area contributed by atoms with Crippen LogP contribution in [0, 0.1) is 6.92 Å². The topological polar surface area (TPSA) is 67.7 Å². The van der Waals surface area contributed by atoms with Crippen LogP contribution in [0.1, 0.15) is 24.1 Å². The van der Waals surface area contributed by atoms with Gasteiger partial charge in [0.1, 0.15) is 6.10 Å². The number of nitrogens with zero attached hydrogens (tertiary/aromatic N) is 4. The molecule has 7 heteroatoms. The molecule has 0 bridgehead atoms. The SMILES string of the molecule is Cc1c(CCC(=O)N2CCC(OC(=O)N(C)C)C2)cnn1C. The smallest absolute Gasteiger partial charge is 0.409 e. The molecule has 0 saturated carbocycles. The summed E-state index contributed by atoms with van der Waals surface area (Å²) in [4.78, 5) is 26.9. The lowest BCUT2D eigenvalue weighted by atomic mass is 10.1. The quantitative estimate of drug-likeness (QED) is 0.831. The zero-order valence-corrected chi connectivity index (χ0v) is 13.7. The molecule has 7 nitrogen and oxygen atoms in total.